The van der Waals surface area contributed by atoms with Gasteiger partial charge in [0.05, 0.1) is 18.5 Å². The molecular formula is C22H25N3O. The molecule has 26 heavy (non-hydrogen) atoms. The largest absolute Gasteiger partial charge is 0.497 e. The van der Waals surface area contributed by atoms with Crippen LogP contribution >= 0.6 is 0 Å². The van der Waals surface area contributed by atoms with Gasteiger partial charge in [-0.2, -0.15) is 5.10 Å². The average Bonchev–Trinajstić information content (AvgIpc) is 2.84. The summed E-state index contributed by atoms with van der Waals surface area (Å²) in [4.78, 5) is 0. The van der Waals surface area contributed by atoms with Gasteiger partial charge in [0.2, 0.25) is 0 Å². The first-order valence-corrected chi connectivity index (χ1v) is 9.30. The third-order valence-corrected chi connectivity index (χ3v) is 5.06. The van der Waals surface area contributed by atoms with Crippen molar-refractivity contribution in [3.63, 3.8) is 0 Å². The number of aryl methyl sites for hydroxylation is 1. The van der Waals surface area contributed by atoms with Gasteiger partial charge in [0.25, 0.3) is 0 Å². The highest BCUT2D eigenvalue weighted by atomic mass is 16.5. The van der Waals surface area contributed by atoms with E-state index in [1.807, 2.05) is 12.1 Å². The number of anilines is 1. The van der Waals surface area contributed by atoms with Crippen molar-refractivity contribution in [2.24, 2.45) is 0 Å². The minimum Gasteiger partial charge on any atom is -0.497 e. The number of ether oxygens (including phenoxy) is 1. The van der Waals surface area contributed by atoms with Crippen molar-refractivity contribution >= 4 is 5.82 Å². The summed E-state index contributed by atoms with van der Waals surface area (Å²) in [5, 5.41) is 8.65. The average molecular weight is 347 g/mol. The van der Waals surface area contributed by atoms with Gasteiger partial charge in [-0.1, -0.05) is 30.3 Å². The van der Waals surface area contributed by atoms with Crippen LogP contribution in [0.25, 0.3) is 5.69 Å². The van der Waals surface area contributed by atoms with Gasteiger partial charge < -0.3 is 10.1 Å². The smallest absolute Gasteiger partial charge is 0.133 e. The number of para-hydroxylation sites is 1. The Kier molecular flexibility index (Phi) is 4.65. The first kappa shape index (κ1) is 16.7. The van der Waals surface area contributed by atoms with Crippen molar-refractivity contribution in [2.75, 3.05) is 19.0 Å². The van der Waals surface area contributed by atoms with Crippen molar-refractivity contribution in [3.05, 3.63) is 70.9 Å². The van der Waals surface area contributed by atoms with Crippen molar-refractivity contribution < 1.29 is 4.74 Å². The molecule has 1 aliphatic heterocycles. The van der Waals surface area contributed by atoms with Crippen LogP contribution in [0.15, 0.2) is 48.5 Å². The first-order chi connectivity index (χ1) is 12.8. The van der Waals surface area contributed by atoms with E-state index in [4.69, 9.17) is 9.84 Å². The van der Waals surface area contributed by atoms with Crippen LogP contribution in [0.1, 0.15) is 35.2 Å². The number of fused-ring (bicyclic) bond motifs is 1. The molecule has 4 rings (SSSR count). The lowest BCUT2D eigenvalue weighted by Gasteiger charge is -2.11. The predicted molar refractivity (Wildman–Crippen MR) is 106 cm³/mol. The van der Waals surface area contributed by atoms with Gasteiger partial charge in [-0.05, 0) is 55.5 Å². The van der Waals surface area contributed by atoms with E-state index in [0.717, 1.165) is 42.3 Å². The predicted octanol–water partition coefficient (Wildman–Crippen LogP) is 4.53. The maximum absolute atomic E-state index is 5.38. The Morgan fingerprint density at radius 3 is 2.85 bits per heavy atom. The molecule has 1 aromatic heterocycles. The Hall–Kier alpha value is -2.75. The number of nitrogens with one attached hydrogen (secondary N) is 1. The summed E-state index contributed by atoms with van der Waals surface area (Å²) in [6.07, 6.45) is 4.29. The van der Waals surface area contributed by atoms with Crippen LogP contribution in [-0.4, -0.2) is 23.4 Å². The molecular weight excluding hydrogens is 322 g/mol. The number of hydrogen-bond donors (Lipinski definition) is 1. The highest BCUT2D eigenvalue weighted by Gasteiger charge is 2.21. The van der Waals surface area contributed by atoms with Crippen LogP contribution in [0, 0.1) is 6.92 Å². The molecule has 4 heteroatoms. The normalized spacial score (nSPS) is 13.6. The standard InChI is InChI=1S/C22H25N3O/c1-16-8-3-4-12-21(16)25-22-19(11-5-6-13-23-22)20(24-25)15-17-9-7-10-18(14-17)26-2/h3-4,7-10,12,14,23H,5-6,11,13,15H2,1-2H3. The highest BCUT2D eigenvalue weighted by Crippen LogP contribution is 2.30. The molecule has 134 valence electrons. The summed E-state index contributed by atoms with van der Waals surface area (Å²) in [5.41, 5.74) is 6.12. The van der Waals surface area contributed by atoms with Crippen LogP contribution in [0.5, 0.6) is 5.75 Å². The zero-order chi connectivity index (χ0) is 17.9. The van der Waals surface area contributed by atoms with E-state index in [2.05, 4.69) is 53.3 Å². The SMILES string of the molecule is COc1cccc(Cc2nn(-c3ccccc3C)c3c2CCCCN3)c1. The van der Waals surface area contributed by atoms with Crippen LogP contribution in [0.2, 0.25) is 0 Å². The van der Waals surface area contributed by atoms with Gasteiger partial charge in [0, 0.05) is 18.5 Å². The molecule has 0 saturated carbocycles. The number of methoxy groups -OCH3 is 1. The maximum atomic E-state index is 5.38. The second-order valence-electron chi connectivity index (χ2n) is 6.88. The minimum absolute atomic E-state index is 0.820. The fourth-order valence-electron chi connectivity index (χ4n) is 3.67. The second kappa shape index (κ2) is 7.24. The summed E-state index contributed by atoms with van der Waals surface area (Å²) >= 11 is 0. The van der Waals surface area contributed by atoms with Crippen LogP contribution in [0.3, 0.4) is 0 Å². The molecule has 0 amide bonds. The van der Waals surface area contributed by atoms with Gasteiger partial charge in [0.1, 0.15) is 11.6 Å². The molecule has 0 saturated heterocycles. The summed E-state index contributed by atoms with van der Waals surface area (Å²) in [6, 6.07) is 16.7. The second-order valence-corrected chi connectivity index (χ2v) is 6.88. The van der Waals surface area contributed by atoms with E-state index < -0.39 is 0 Å². The van der Waals surface area contributed by atoms with E-state index in [1.54, 1.807) is 7.11 Å². The zero-order valence-electron chi connectivity index (χ0n) is 15.5. The van der Waals surface area contributed by atoms with Crippen LogP contribution in [-0.2, 0) is 12.8 Å². The number of rotatable bonds is 4. The summed E-state index contributed by atoms with van der Waals surface area (Å²) in [5.74, 6) is 2.06. The number of benzene rings is 2. The molecule has 2 heterocycles. The molecule has 4 nitrogen and oxygen atoms in total. The monoisotopic (exact) mass is 347 g/mol. The quantitative estimate of drug-likeness (QED) is 0.754. The van der Waals surface area contributed by atoms with Crippen molar-refractivity contribution in [1.82, 2.24) is 9.78 Å². The summed E-state index contributed by atoms with van der Waals surface area (Å²) < 4.78 is 7.48. The van der Waals surface area contributed by atoms with Crippen LogP contribution in [0.4, 0.5) is 5.82 Å². The fourth-order valence-corrected chi connectivity index (χ4v) is 3.67. The maximum Gasteiger partial charge on any atom is 0.133 e. The Morgan fingerprint density at radius 2 is 2.00 bits per heavy atom. The Balaban J connectivity index is 1.78. The van der Waals surface area contributed by atoms with Gasteiger partial charge in [0.15, 0.2) is 0 Å². The van der Waals surface area contributed by atoms with Crippen molar-refractivity contribution in [2.45, 2.75) is 32.6 Å². The van der Waals surface area contributed by atoms with Gasteiger partial charge in [-0.3, -0.25) is 0 Å². The Morgan fingerprint density at radius 1 is 1.12 bits per heavy atom. The lowest BCUT2D eigenvalue weighted by atomic mass is 10.0. The third-order valence-electron chi connectivity index (χ3n) is 5.06. The van der Waals surface area contributed by atoms with Gasteiger partial charge in [-0.25, -0.2) is 4.68 Å². The van der Waals surface area contributed by atoms with Gasteiger partial charge in [-0.15, -0.1) is 0 Å². The van der Waals surface area contributed by atoms with E-state index >= 15 is 0 Å². The molecule has 0 unspecified atom stereocenters. The highest BCUT2D eigenvalue weighted by molar-refractivity contribution is 5.56. The van der Waals surface area contributed by atoms with E-state index in [9.17, 15) is 0 Å². The molecule has 0 atom stereocenters. The molecule has 0 aliphatic carbocycles. The van der Waals surface area contributed by atoms with E-state index in [1.165, 1.54) is 29.5 Å². The zero-order valence-corrected chi connectivity index (χ0v) is 15.5. The van der Waals surface area contributed by atoms with E-state index in [0.29, 0.717) is 0 Å². The van der Waals surface area contributed by atoms with Gasteiger partial charge >= 0.3 is 0 Å². The number of aromatic nitrogens is 2. The Bertz CT molecular complexity index is 914. The molecule has 2 aromatic carbocycles. The topological polar surface area (TPSA) is 39.1 Å². The number of nitrogens with zero attached hydrogens (tertiary/aromatic N) is 2. The molecule has 0 spiro atoms. The molecule has 0 fully saturated rings. The minimum atomic E-state index is 0.820. The third kappa shape index (κ3) is 3.19. The lowest BCUT2D eigenvalue weighted by Crippen LogP contribution is -2.08. The summed E-state index contributed by atoms with van der Waals surface area (Å²) in [7, 11) is 1.71. The first-order valence-electron chi connectivity index (χ1n) is 9.30. The summed E-state index contributed by atoms with van der Waals surface area (Å²) in [6.45, 7) is 3.14. The molecule has 0 radical (unpaired) electrons. The molecule has 1 N–H and O–H groups in total. The molecule has 0 bridgehead atoms. The van der Waals surface area contributed by atoms with E-state index in [-0.39, 0.29) is 0 Å². The number of hydrogen-bond acceptors (Lipinski definition) is 3. The van der Waals surface area contributed by atoms with Crippen molar-refractivity contribution in [3.8, 4) is 11.4 Å². The molecule has 1 aliphatic rings. The molecule has 3 aromatic rings. The van der Waals surface area contributed by atoms with Crippen LogP contribution < -0.4 is 10.1 Å². The Labute approximate surface area is 154 Å². The lowest BCUT2D eigenvalue weighted by molar-refractivity contribution is 0.414. The van der Waals surface area contributed by atoms with Crippen molar-refractivity contribution in [1.29, 1.82) is 0 Å². The fraction of sp³-hybridized carbons (Fsp3) is 0.318.